The number of hydrogen-bond acceptors (Lipinski definition) is 6. The number of unbranched alkanes of at least 4 members (excludes halogenated alkanes) is 1. The smallest absolute Gasteiger partial charge is 0.317 e. The van der Waals surface area contributed by atoms with Crippen molar-refractivity contribution in [2.45, 2.75) is 97.8 Å². The van der Waals surface area contributed by atoms with Crippen molar-refractivity contribution in [3.8, 4) is 0 Å². The number of pyridine rings is 1. The summed E-state index contributed by atoms with van der Waals surface area (Å²) >= 11 is 0. The van der Waals surface area contributed by atoms with E-state index < -0.39 is 16.2 Å². The molecule has 4 bridgehead atoms. The lowest BCUT2D eigenvalue weighted by Crippen LogP contribution is -2.65. The van der Waals surface area contributed by atoms with Crippen molar-refractivity contribution < 1.29 is 19.1 Å². The Kier molecular flexibility index (Phi) is 7.96. The number of nitrogens with zero attached hydrogens (tertiary/aromatic N) is 2. The molecule has 6 rings (SSSR count). The summed E-state index contributed by atoms with van der Waals surface area (Å²) in [4.78, 5) is 35.1. The molecule has 0 N–H and O–H groups in total. The zero-order valence-corrected chi connectivity index (χ0v) is 26.7. The van der Waals surface area contributed by atoms with Crippen LogP contribution >= 0.6 is 0 Å². The highest BCUT2D eigenvalue weighted by atomic mass is 16.5. The average Bonchev–Trinajstić information content (AvgIpc) is 3.69. The first-order valence-corrected chi connectivity index (χ1v) is 16.7. The van der Waals surface area contributed by atoms with Gasteiger partial charge in [0, 0.05) is 24.7 Å². The Labute approximate surface area is 253 Å². The largest absolute Gasteiger partial charge is 0.468 e. The molecule has 1 saturated heterocycles. The van der Waals surface area contributed by atoms with E-state index >= 15 is 0 Å². The van der Waals surface area contributed by atoms with Gasteiger partial charge < -0.3 is 14.3 Å². The van der Waals surface area contributed by atoms with Gasteiger partial charge in [-0.05, 0) is 86.8 Å². The molecule has 3 saturated carbocycles. The van der Waals surface area contributed by atoms with Crippen molar-refractivity contribution in [1.82, 2.24) is 9.88 Å². The molecule has 0 spiro atoms. The molecule has 4 fully saturated rings. The number of aldehydes is 1. The van der Waals surface area contributed by atoms with E-state index in [1.54, 1.807) is 0 Å². The fourth-order valence-corrected chi connectivity index (χ4v) is 11.2. The molecule has 1 aliphatic heterocycles. The van der Waals surface area contributed by atoms with Crippen molar-refractivity contribution in [1.29, 1.82) is 0 Å². The number of likely N-dealkylation sites (N-methyl/N-ethyl adjacent to an activating group) is 1. The number of allylic oxidation sites excluding steroid dienone is 1. The zero-order chi connectivity index (χ0) is 29.9. The summed E-state index contributed by atoms with van der Waals surface area (Å²) in [6.45, 7) is 10.6. The van der Waals surface area contributed by atoms with E-state index in [2.05, 4.69) is 56.8 Å². The van der Waals surface area contributed by atoms with Crippen LogP contribution in [0.25, 0.3) is 0 Å². The molecular weight excluding hydrogens is 524 g/mol. The van der Waals surface area contributed by atoms with Crippen molar-refractivity contribution in [3.63, 3.8) is 0 Å². The molecule has 5 aliphatic rings. The first-order chi connectivity index (χ1) is 20.2. The number of hydrogen-bond donors (Lipinski definition) is 0. The summed E-state index contributed by atoms with van der Waals surface area (Å²) in [7, 11) is 3.70. The third-order valence-electron chi connectivity index (χ3n) is 12.7. The van der Waals surface area contributed by atoms with Gasteiger partial charge in [0.25, 0.3) is 0 Å². The number of esters is 1. The Bertz CT molecular complexity index is 1200. The van der Waals surface area contributed by atoms with E-state index in [1.165, 1.54) is 19.8 Å². The number of ether oxygens (including phenoxy) is 2. The van der Waals surface area contributed by atoms with Crippen LogP contribution in [0.5, 0.6) is 0 Å². The second-order valence-corrected chi connectivity index (χ2v) is 14.9. The summed E-state index contributed by atoms with van der Waals surface area (Å²) in [6, 6.07) is 6.08. The molecular formula is C36H52N2O4. The molecule has 230 valence electrons. The Morgan fingerprint density at radius 3 is 2.74 bits per heavy atom. The normalized spacial score (nSPS) is 41.8. The fraction of sp³-hybridized carbons (Fsp3) is 0.750. The molecule has 1 aromatic heterocycles. The highest BCUT2D eigenvalue weighted by molar-refractivity contribution is 5.91. The average molecular weight is 577 g/mol. The van der Waals surface area contributed by atoms with Gasteiger partial charge >= 0.3 is 5.97 Å². The Balaban J connectivity index is 1.41. The zero-order valence-electron chi connectivity index (χ0n) is 26.7. The van der Waals surface area contributed by atoms with E-state index in [9.17, 15) is 9.59 Å². The number of carbonyl (C=O) groups excluding carboxylic acids is 2. The summed E-state index contributed by atoms with van der Waals surface area (Å²) in [6.07, 6.45) is 13.8. The topological polar surface area (TPSA) is 68.7 Å². The standard InChI is InChI=1S/C36H52N2O4/c1-7-8-11-25-16-32(42-31(25)21-38(5)20-27-12-9-10-15-37-27)35-19-28-24(4)13-14-29(28)34(22-39)18-26(35)17-30(23(2)3)36(34,35)33(40)41-6/h9-10,12,15,17,22-26,28-29,31-32H,7-8,11,13-14,16,18-21H2,1-6H3/t24-,25?,26?,28-,29-,31?,32?,34?,35?,36?/m1/s1. The minimum atomic E-state index is -0.935. The maximum Gasteiger partial charge on any atom is 0.317 e. The van der Waals surface area contributed by atoms with Crippen LogP contribution in [-0.2, 0) is 25.6 Å². The summed E-state index contributed by atoms with van der Waals surface area (Å²) in [5.74, 6) is 1.82. The molecule has 0 aromatic carbocycles. The van der Waals surface area contributed by atoms with E-state index in [0.29, 0.717) is 17.8 Å². The lowest BCUT2D eigenvalue weighted by atomic mass is 9.41. The van der Waals surface area contributed by atoms with Crippen LogP contribution < -0.4 is 0 Å². The molecule has 42 heavy (non-hydrogen) atoms. The van der Waals surface area contributed by atoms with Gasteiger partial charge in [-0.1, -0.05) is 64.7 Å². The monoisotopic (exact) mass is 576 g/mol. The number of carbonyl (C=O) groups is 2. The van der Waals surface area contributed by atoms with Gasteiger partial charge in [-0.2, -0.15) is 0 Å². The van der Waals surface area contributed by atoms with E-state index in [4.69, 9.17) is 9.47 Å². The lowest BCUT2D eigenvalue weighted by Gasteiger charge is -2.60. The molecule has 0 radical (unpaired) electrons. The van der Waals surface area contributed by atoms with Crippen molar-refractivity contribution in [2.75, 3.05) is 20.7 Å². The van der Waals surface area contributed by atoms with Crippen LogP contribution in [0, 0.1) is 51.8 Å². The molecule has 6 heteroatoms. The highest BCUT2D eigenvalue weighted by Gasteiger charge is 2.86. The Morgan fingerprint density at radius 2 is 2.07 bits per heavy atom. The Morgan fingerprint density at radius 1 is 1.26 bits per heavy atom. The first-order valence-electron chi connectivity index (χ1n) is 16.7. The predicted molar refractivity (Wildman–Crippen MR) is 163 cm³/mol. The quantitative estimate of drug-likeness (QED) is 0.170. The predicted octanol–water partition coefficient (Wildman–Crippen LogP) is 6.49. The van der Waals surface area contributed by atoms with Crippen molar-refractivity contribution in [2.24, 2.45) is 51.8 Å². The number of aromatic nitrogens is 1. The maximum atomic E-state index is 14.5. The van der Waals surface area contributed by atoms with E-state index in [0.717, 1.165) is 69.3 Å². The molecule has 0 amide bonds. The number of rotatable bonds is 11. The van der Waals surface area contributed by atoms with Gasteiger partial charge in [-0.25, -0.2) is 0 Å². The SMILES string of the molecule is CCCCC1CC(C23C[C@@H]4[C@H](C)CC[C@H]4C4(C=O)CC2C=C(C(C)C)C34C(=O)OC)OC1CN(C)Cc1ccccn1. The van der Waals surface area contributed by atoms with Gasteiger partial charge in [0.1, 0.15) is 11.7 Å². The van der Waals surface area contributed by atoms with Crippen LogP contribution in [0.4, 0.5) is 0 Å². The fourth-order valence-electron chi connectivity index (χ4n) is 11.2. The van der Waals surface area contributed by atoms with Crippen molar-refractivity contribution in [3.05, 3.63) is 41.7 Å². The van der Waals surface area contributed by atoms with Gasteiger partial charge in [0.2, 0.25) is 0 Å². The molecule has 10 atom stereocenters. The van der Waals surface area contributed by atoms with Gasteiger partial charge in [0.05, 0.1) is 30.4 Å². The third-order valence-corrected chi connectivity index (χ3v) is 12.7. The van der Waals surface area contributed by atoms with Crippen LogP contribution in [0.1, 0.15) is 84.8 Å². The second kappa shape index (κ2) is 11.1. The van der Waals surface area contributed by atoms with Crippen LogP contribution in [0.15, 0.2) is 36.0 Å². The van der Waals surface area contributed by atoms with Crippen LogP contribution in [-0.4, -0.2) is 55.0 Å². The lowest BCUT2D eigenvalue weighted by molar-refractivity contribution is -0.200. The highest BCUT2D eigenvalue weighted by Crippen LogP contribution is 2.84. The summed E-state index contributed by atoms with van der Waals surface area (Å²) in [5.41, 5.74) is 0.143. The number of fused-ring (bicyclic) bond motifs is 2. The van der Waals surface area contributed by atoms with E-state index in [1.807, 2.05) is 18.3 Å². The Hall–Kier alpha value is -2.05. The molecule has 2 heterocycles. The minimum absolute atomic E-state index is 0.0696. The molecule has 7 unspecified atom stereocenters. The van der Waals surface area contributed by atoms with Crippen LogP contribution in [0.3, 0.4) is 0 Å². The van der Waals surface area contributed by atoms with Crippen molar-refractivity contribution >= 4 is 12.3 Å². The minimum Gasteiger partial charge on any atom is -0.468 e. The van der Waals surface area contributed by atoms with E-state index in [-0.39, 0.29) is 35.9 Å². The molecule has 6 nitrogen and oxygen atoms in total. The maximum absolute atomic E-state index is 14.5. The molecule has 1 aromatic rings. The van der Waals surface area contributed by atoms with Gasteiger partial charge in [-0.15, -0.1) is 0 Å². The van der Waals surface area contributed by atoms with Gasteiger partial charge in [0.15, 0.2) is 0 Å². The second-order valence-electron chi connectivity index (χ2n) is 14.9. The first kappa shape index (κ1) is 30.0. The summed E-state index contributed by atoms with van der Waals surface area (Å²) < 4.78 is 13.1. The summed E-state index contributed by atoms with van der Waals surface area (Å²) in [5, 5.41) is 0. The van der Waals surface area contributed by atoms with Crippen LogP contribution in [0.2, 0.25) is 0 Å². The number of methoxy groups -OCH3 is 1. The third kappa shape index (κ3) is 3.99. The van der Waals surface area contributed by atoms with Gasteiger partial charge in [-0.3, -0.25) is 14.7 Å². The molecule has 4 aliphatic carbocycles.